The van der Waals surface area contributed by atoms with E-state index in [0.717, 1.165) is 0 Å². The molecule has 1 heterocycles. The minimum Gasteiger partial charge on any atom is -0.383 e. The van der Waals surface area contributed by atoms with Gasteiger partial charge in [-0.2, -0.15) is 5.26 Å². The normalized spacial score (nSPS) is 22.1. The van der Waals surface area contributed by atoms with Crippen LogP contribution in [0.1, 0.15) is 23.6 Å². The van der Waals surface area contributed by atoms with Gasteiger partial charge in [0, 0.05) is 26.1 Å². The summed E-state index contributed by atoms with van der Waals surface area (Å²) in [5.41, 5.74) is 6.65. The molecule has 2 rings (SSSR count). The zero-order valence-corrected chi connectivity index (χ0v) is 11.2. The van der Waals surface area contributed by atoms with E-state index in [2.05, 4.69) is 0 Å². The highest BCUT2D eigenvalue weighted by Gasteiger charge is 2.38. The molecular formula is C14H16FN3O2. The number of carbonyl (C=O) groups is 1. The van der Waals surface area contributed by atoms with Crippen molar-refractivity contribution in [2.45, 2.75) is 18.5 Å². The van der Waals surface area contributed by atoms with E-state index in [4.69, 9.17) is 15.7 Å². The molecule has 20 heavy (non-hydrogen) atoms. The van der Waals surface area contributed by atoms with E-state index in [1.165, 1.54) is 12.1 Å². The Morgan fingerprint density at radius 2 is 2.35 bits per heavy atom. The maximum Gasteiger partial charge on any atom is 0.224 e. The standard InChI is InChI=1S/C14H16FN3O2/c1-20-5-4-18-13(19)7-12(17)14(18)9-2-3-11(15)10(6-9)8-16/h2-3,6,12,14H,4-5,7,17H2,1H3. The smallest absolute Gasteiger partial charge is 0.224 e. The topological polar surface area (TPSA) is 79.3 Å². The summed E-state index contributed by atoms with van der Waals surface area (Å²) in [7, 11) is 1.56. The van der Waals surface area contributed by atoms with Crippen LogP contribution in [0.15, 0.2) is 18.2 Å². The third-order valence-corrected chi connectivity index (χ3v) is 3.46. The van der Waals surface area contributed by atoms with Crippen molar-refractivity contribution in [1.29, 1.82) is 5.26 Å². The lowest BCUT2D eigenvalue weighted by Gasteiger charge is -2.27. The molecule has 1 aliphatic rings. The summed E-state index contributed by atoms with van der Waals surface area (Å²) in [4.78, 5) is 13.6. The third kappa shape index (κ3) is 2.64. The molecule has 1 aromatic rings. The number of benzene rings is 1. The minimum absolute atomic E-state index is 0.0410. The Morgan fingerprint density at radius 1 is 1.60 bits per heavy atom. The molecule has 1 fully saturated rings. The summed E-state index contributed by atoms with van der Waals surface area (Å²) in [5.74, 6) is -0.625. The molecule has 1 amide bonds. The Labute approximate surface area is 116 Å². The molecule has 0 radical (unpaired) electrons. The second kappa shape index (κ2) is 5.99. The zero-order valence-electron chi connectivity index (χ0n) is 11.2. The molecule has 0 aliphatic carbocycles. The van der Waals surface area contributed by atoms with Gasteiger partial charge in [0.15, 0.2) is 0 Å². The molecular weight excluding hydrogens is 261 g/mol. The molecule has 0 bridgehead atoms. The number of methoxy groups -OCH3 is 1. The first-order valence-corrected chi connectivity index (χ1v) is 6.32. The van der Waals surface area contributed by atoms with E-state index < -0.39 is 5.82 Å². The van der Waals surface area contributed by atoms with E-state index in [-0.39, 0.29) is 30.0 Å². The molecule has 0 saturated carbocycles. The van der Waals surface area contributed by atoms with Gasteiger partial charge in [-0.05, 0) is 17.7 Å². The Kier molecular flexibility index (Phi) is 4.32. The number of hydrogen-bond acceptors (Lipinski definition) is 4. The van der Waals surface area contributed by atoms with Crippen molar-refractivity contribution in [2.24, 2.45) is 5.73 Å². The van der Waals surface area contributed by atoms with Gasteiger partial charge in [-0.15, -0.1) is 0 Å². The van der Waals surface area contributed by atoms with Gasteiger partial charge in [0.2, 0.25) is 5.91 Å². The molecule has 0 aromatic heterocycles. The van der Waals surface area contributed by atoms with Crippen molar-refractivity contribution in [3.05, 3.63) is 35.1 Å². The molecule has 6 heteroatoms. The molecule has 2 N–H and O–H groups in total. The molecule has 5 nitrogen and oxygen atoms in total. The average molecular weight is 277 g/mol. The number of hydrogen-bond donors (Lipinski definition) is 1. The van der Waals surface area contributed by atoms with E-state index in [0.29, 0.717) is 18.7 Å². The number of halogens is 1. The lowest BCUT2D eigenvalue weighted by atomic mass is 9.99. The van der Waals surface area contributed by atoms with Crippen molar-refractivity contribution < 1.29 is 13.9 Å². The molecule has 2 atom stereocenters. The number of carbonyl (C=O) groups excluding carboxylic acids is 1. The molecule has 1 aliphatic heterocycles. The van der Waals surface area contributed by atoms with Gasteiger partial charge >= 0.3 is 0 Å². The SMILES string of the molecule is COCCN1C(=O)CC(N)C1c1ccc(F)c(C#N)c1. The van der Waals surface area contributed by atoms with Gasteiger partial charge in [-0.1, -0.05) is 6.07 Å². The number of rotatable bonds is 4. The van der Waals surface area contributed by atoms with E-state index >= 15 is 0 Å². The van der Waals surface area contributed by atoms with Crippen LogP contribution in [0.4, 0.5) is 4.39 Å². The van der Waals surface area contributed by atoms with Crippen LogP contribution in [0.3, 0.4) is 0 Å². The third-order valence-electron chi connectivity index (χ3n) is 3.46. The molecule has 2 unspecified atom stereocenters. The van der Waals surface area contributed by atoms with Gasteiger partial charge in [-0.3, -0.25) is 4.79 Å². The number of likely N-dealkylation sites (tertiary alicyclic amines) is 1. The number of nitrogens with zero attached hydrogens (tertiary/aromatic N) is 2. The van der Waals surface area contributed by atoms with Crippen LogP contribution in [0, 0.1) is 17.1 Å². The monoisotopic (exact) mass is 277 g/mol. The van der Waals surface area contributed by atoms with Gasteiger partial charge < -0.3 is 15.4 Å². The predicted octanol–water partition coefficient (Wildman–Crippen LogP) is 0.944. The van der Waals surface area contributed by atoms with Crippen LogP contribution in [-0.2, 0) is 9.53 Å². The first-order chi connectivity index (χ1) is 9.58. The van der Waals surface area contributed by atoms with Crippen molar-refractivity contribution in [2.75, 3.05) is 20.3 Å². The van der Waals surface area contributed by atoms with Gasteiger partial charge in [0.25, 0.3) is 0 Å². The van der Waals surface area contributed by atoms with E-state index in [1.807, 2.05) is 0 Å². The van der Waals surface area contributed by atoms with Crippen LogP contribution in [0.5, 0.6) is 0 Å². The fourth-order valence-electron chi connectivity index (χ4n) is 2.51. The highest BCUT2D eigenvalue weighted by molar-refractivity contribution is 5.80. The van der Waals surface area contributed by atoms with Crippen molar-refractivity contribution in [3.8, 4) is 6.07 Å². The first kappa shape index (κ1) is 14.4. The van der Waals surface area contributed by atoms with Gasteiger partial charge in [0.1, 0.15) is 11.9 Å². The summed E-state index contributed by atoms with van der Waals surface area (Å²) >= 11 is 0. The summed E-state index contributed by atoms with van der Waals surface area (Å²) in [5, 5.41) is 8.89. The number of amides is 1. The lowest BCUT2D eigenvalue weighted by Crippen LogP contribution is -2.35. The molecule has 1 aromatic carbocycles. The minimum atomic E-state index is -0.572. The second-order valence-corrected chi connectivity index (χ2v) is 4.74. The molecule has 1 saturated heterocycles. The van der Waals surface area contributed by atoms with Crippen molar-refractivity contribution in [3.63, 3.8) is 0 Å². The average Bonchev–Trinajstić information content (AvgIpc) is 2.71. The van der Waals surface area contributed by atoms with Crippen LogP contribution in [0.25, 0.3) is 0 Å². The second-order valence-electron chi connectivity index (χ2n) is 4.74. The Morgan fingerprint density at radius 3 is 3.00 bits per heavy atom. The quantitative estimate of drug-likeness (QED) is 0.888. The number of ether oxygens (including phenoxy) is 1. The van der Waals surface area contributed by atoms with Gasteiger partial charge in [-0.25, -0.2) is 4.39 Å². The number of nitrogens with two attached hydrogens (primary N) is 1. The van der Waals surface area contributed by atoms with E-state index in [1.54, 1.807) is 24.1 Å². The highest BCUT2D eigenvalue weighted by Crippen LogP contribution is 2.32. The van der Waals surface area contributed by atoms with Crippen LogP contribution >= 0.6 is 0 Å². The largest absolute Gasteiger partial charge is 0.383 e. The zero-order chi connectivity index (χ0) is 14.7. The molecule has 106 valence electrons. The summed E-state index contributed by atoms with van der Waals surface area (Å²) in [6.45, 7) is 0.828. The Balaban J connectivity index is 2.33. The van der Waals surface area contributed by atoms with Crippen LogP contribution < -0.4 is 5.73 Å². The Bertz CT molecular complexity index is 556. The fourth-order valence-corrected chi connectivity index (χ4v) is 2.51. The maximum atomic E-state index is 13.4. The lowest BCUT2D eigenvalue weighted by molar-refractivity contribution is -0.129. The van der Waals surface area contributed by atoms with Crippen LogP contribution in [-0.4, -0.2) is 37.1 Å². The van der Waals surface area contributed by atoms with E-state index in [9.17, 15) is 9.18 Å². The predicted molar refractivity (Wildman–Crippen MR) is 70.0 cm³/mol. The summed E-state index contributed by atoms with van der Waals surface area (Å²) < 4.78 is 18.4. The highest BCUT2D eigenvalue weighted by atomic mass is 19.1. The van der Waals surface area contributed by atoms with Crippen molar-refractivity contribution >= 4 is 5.91 Å². The van der Waals surface area contributed by atoms with Crippen LogP contribution in [0.2, 0.25) is 0 Å². The summed E-state index contributed by atoms with van der Waals surface area (Å²) in [6.07, 6.45) is 0.244. The maximum absolute atomic E-state index is 13.4. The van der Waals surface area contributed by atoms with Gasteiger partial charge in [0.05, 0.1) is 18.2 Å². The number of nitriles is 1. The molecule has 0 spiro atoms. The Hall–Kier alpha value is -1.97. The summed E-state index contributed by atoms with van der Waals surface area (Å²) in [6, 6.07) is 5.35. The van der Waals surface area contributed by atoms with Crippen molar-refractivity contribution in [1.82, 2.24) is 4.90 Å². The fraction of sp³-hybridized carbons (Fsp3) is 0.429. The first-order valence-electron chi connectivity index (χ1n) is 6.32.